The Morgan fingerprint density at radius 1 is 1.20 bits per heavy atom. The van der Waals surface area contributed by atoms with E-state index in [-0.39, 0.29) is 0 Å². The summed E-state index contributed by atoms with van der Waals surface area (Å²) in [5.41, 5.74) is 8.00. The zero-order valence-electron chi connectivity index (χ0n) is 7.40. The van der Waals surface area contributed by atoms with Crippen LogP contribution >= 0.6 is 0 Å². The maximum absolute atomic E-state index is 4.05. The Balaban J connectivity index is 3.13. The third kappa shape index (κ3) is 4.77. The second-order valence-corrected chi connectivity index (χ2v) is 3.23. The van der Waals surface area contributed by atoms with Crippen molar-refractivity contribution in [2.24, 2.45) is 0 Å². The maximum Gasteiger partial charge on any atom is 0.136 e. The lowest BCUT2D eigenvalue weighted by Gasteiger charge is -2.08. The van der Waals surface area contributed by atoms with E-state index in [0.29, 0.717) is 12.1 Å². The van der Waals surface area contributed by atoms with Crippen molar-refractivity contribution in [3.8, 4) is 0 Å². The van der Waals surface area contributed by atoms with Gasteiger partial charge < -0.3 is 11.5 Å². The van der Waals surface area contributed by atoms with Gasteiger partial charge >= 0.3 is 0 Å². The van der Waals surface area contributed by atoms with E-state index in [1.807, 2.05) is 0 Å². The number of rotatable bonds is 5. The first kappa shape index (κ1) is 9.92. The predicted octanol–water partition coefficient (Wildman–Crippen LogP) is -0.192. The molecular weight excluding hydrogens is 124 g/mol. The van der Waals surface area contributed by atoms with Gasteiger partial charge in [-0.15, -0.1) is 0 Å². The average molecular weight is 146 g/mol. The summed E-state index contributed by atoms with van der Waals surface area (Å²) in [4.78, 5) is 0. The quantitative estimate of drug-likeness (QED) is 0.505. The Morgan fingerprint density at radius 2 is 1.80 bits per heavy atom. The van der Waals surface area contributed by atoms with Gasteiger partial charge in [0.15, 0.2) is 0 Å². The van der Waals surface area contributed by atoms with E-state index in [4.69, 9.17) is 0 Å². The number of hydrogen-bond donors (Lipinski definition) is 2. The lowest BCUT2D eigenvalue weighted by Crippen LogP contribution is -2.78. The van der Waals surface area contributed by atoms with Crippen LogP contribution in [0.15, 0.2) is 0 Å². The molecule has 0 aromatic rings. The van der Waals surface area contributed by atoms with Crippen LogP contribution in [0.2, 0.25) is 0 Å². The summed E-state index contributed by atoms with van der Waals surface area (Å²) in [7, 11) is 0. The van der Waals surface area contributed by atoms with Crippen molar-refractivity contribution < 1.29 is 11.5 Å². The standard InChI is InChI=1S/C8H20N2/c1-3-4-5-6-8(10)7(2)9/h7-8H,3-6,9-10H2,1-2H3/p+2. The highest BCUT2D eigenvalue weighted by molar-refractivity contribution is 4.58. The zero-order chi connectivity index (χ0) is 7.98. The molecule has 0 saturated carbocycles. The molecule has 0 spiro atoms. The molecule has 0 heterocycles. The van der Waals surface area contributed by atoms with Crippen LogP contribution in [0.1, 0.15) is 39.5 Å². The summed E-state index contributed by atoms with van der Waals surface area (Å²) in [6, 6.07) is 1.07. The van der Waals surface area contributed by atoms with Crippen molar-refractivity contribution in [3.63, 3.8) is 0 Å². The van der Waals surface area contributed by atoms with Crippen molar-refractivity contribution in [1.82, 2.24) is 0 Å². The highest BCUT2D eigenvalue weighted by Gasteiger charge is 2.13. The summed E-state index contributed by atoms with van der Waals surface area (Å²) in [6.45, 7) is 4.37. The van der Waals surface area contributed by atoms with Gasteiger partial charge in [-0.25, -0.2) is 0 Å². The topological polar surface area (TPSA) is 55.3 Å². The molecule has 6 N–H and O–H groups in total. The smallest absolute Gasteiger partial charge is 0.136 e. The van der Waals surface area contributed by atoms with Crippen LogP contribution in [0, 0.1) is 0 Å². The zero-order valence-corrected chi connectivity index (χ0v) is 7.40. The largest absolute Gasteiger partial charge is 0.350 e. The molecular formula is C8H22N2+2. The van der Waals surface area contributed by atoms with E-state index in [2.05, 4.69) is 25.3 Å². The Hall–Kier alpha value is -0.0800. The average Bonchev–Trinajstić information content (AvgIpc) is 1.88. The van der Waals surface area contributed by atoms with Gasteiger partial charge in [0.2, 0.25) is 0 Å². The summed E-state index contributed by atoms with van der Waals surface area (Å²) in [5.74, 6) is 0. The minimum Gasteiger partial charge on any atom is -0.350 e. The minimum absolute atomic E-state index is 0.511. The second-order valence-electron chi connectivity index (χ2n) is 3.23. The first-order chi connectivity index (χ1) is 4.68. The van der Waals surface area contributed by atoms with Crippen molar-refractivity contribution in [3.05, 3.63) is 0 Å². The molecule has 2 unspecified atom stereocenters. The fourth-order valence-corrected chi connectivity index (χ4v) is 0.941. The molecule has 0 rings (SSSR count). The molecule has 2 heteroatoms. The molecule has 0 aromatic heterocycles. The van der Waals surface area contributed by atoms with Gasteiger partial charge in [0, 0.05) is 6.42 Å². The number of unbranched alkanes of at least 4 members (excludes halogenated alkanes) is 2. The van der Waals surface area contributed by atoms with Crippen molar-refractivity contribution in [1.29, 1.82) is 0 Å². The summed E-state index contributed by atoms with van der Waals surface area (Å²) in [6.07, 6.45) is 5.22. The molecule has 0 bridgehead atoms. The van der Waals surface area contributed by atoms with Crippen LogP contribution < -0.4 is 11.5 Å². The maximum atomic E-state index is 4.05. The Morgan fingerprint density at radius 3 is 2.20 bits per heavy atom. The number of hydrogen-bond acceptors (Lipinski definition) is 0. The van der Waals surface area contributed by atoms with E-state index in [9.17, 15) is 0 Å². The van der Waals surface area contributed by atoms with Crippen LogP contribution in [-0.4, -0.2) is 12.1 Å². The van der Waals surface area contributed by atoms with Gasteiger partial charge in [-0.05, 0) is 13.3 Å². The SMILES string of the molecule is CCCCCC([NH3+])C(C)[NH3+]. The first-order valence-corrected chi connectivity index (χ1v) is 4.34. The molecule has 2 nitrogen and oxygen atoms in total. The fourth-order valence-electron chi connectivity index (χ4n) is 0.941. The van der Waals surface area contributed by atoms with Gasteiger partial charge in [-0.3, -0.25) is 0 Å². The van der Waals surface area contributed by atoms with Crippen LogP contribution in [0.3, 0.4) is 0 Å². The molecule has 2 atom stereocenters. The van der Waals surface area contributed by atoms with Crippen LogP contribution in [0.5, 0.6) is 0 Å². The van der Waals surface area contributed by atoms with E-state index in [1.165, 1.54) is 25.7 Å². The van der Waals surface area contributed by atoms with E-state index in [1.54, 1.807) is 0 Å². The molecule has 62 valence electrons. The van der Waals surface area contributed by atoms with Gasteiger partial charge in [-0.2, -0.15) is 0 Å². The van der Waals surface area contributed by atoms with E-state index < -0.39 is 0 Å². The Kier molecular flexibility index (Phi) is 5.64. The molecule has 0 aliphatic rings. The third-order valence-electron chi connectivity index (χ3n) is 1.98. The molecule has 0 fully saturated rings. The van der Waals surface area contributed by atoms with Gasteiger partial charge in [0.1, 0.15) is 12.1 Å². The Bertz CT molecular complexity index is 71.7. The molecule has 0 aliphatic carbocycles. The lowest BCUT2D eigenvalue weighted by molar-refractivity contribution is -0.525. The lowest BCUT2D eigenvalue weighted by atomic mass is 10.0. The highest BCUT2D eigenvalue weighted by atomic mass is 14.8. The van der Waals surface area contributed by atoms with Crippen molar-refractivity contribution >= 4 is 0 Å². The second kappa shape index (κ2) is 5.69. The summed E-state index contributed by atoms with van der Waals surface area (Å²) in [5, 5.41) is 0. The van der Waals surface area contributed by atoms with Crippen LogP contribution in [-0.2, 0) is 0 Å². The molecule has 10 heavy (non-hydrogen) atoms. The number of quaternary nitrogens is 2. The van der Waals surface area contributed by atoms with Crippen LogP contribution in [0.4, 0.5) is 0 Å². The van der Waals surface area contributed by atoms with Gasteiger partial charge in [-0.1, -0.05) is 19.8 Å². The van der Waals surface area contributed by atoms with Gasteiger partial charge in [0.25, 0.3) is 0 Å². The van der Waals surface area contributed by atoms with E-state index in [0.717, 1.165) is 0 Å². The monoisotopic (exact) mass is 146 g/mol. The Labute approximate surface area is 64.0 Å². The van der Waals surface area contributed by atoms with Crippen molar-refractivity contribution in [2.45, 2.75) is 51.6 Å². The molecule has 0 amide bonds. The van der Waals surface area contributed by atoms with E-state index >= 15 is 0 Å². The minimum atomic E-state index is 0.511. The third-order valence-corrected chi connectivity index (χ3v) is 1.98. The van der Waals surface area contributed by atoms with Crippen LogP contribution in [0.25, 0.3) is 0 Å². The molecule has 0 radical (unpaired) electrons. The predicted molar refractivity (Wildman–Crippen MR) is 43.2 cm³/mol. The molecule has 0 saturated heterocycles. The first-order valence-electron chi connectivity index (χ1n) is 4.34. The fraction of sp³-hybridized carbons (Fsp3) is 1.00. The van der Waals surface area contributed by atoms with Crippen molar-refractivity contribution in [2.75, 3.05) is 0 Å². The van der Waals surface area contributed by atoms with Gasteiger partial charge in [0.05, 0.1) is 0 Å². The summed E-state index contributed by atoms with van der Waals surface area (Å²) >= 11 is 0. The molecule has 0 aromatic carbocycles. The normalized spacial score (nSPS) is 16.8. The molecule has 0 aliphatic heterocycles. The highest BCUT2D eigenvalue weighted by Crippen LogP contribution is 2.01. The summed E-state index contributed by atoms with van der Waals surface area (Å²) < 4.78 is 0.